The Labute approximate surface area is 145 Å². The summed E-state index contributed by atoms with van der Waals surface area (Å²) in [5, 5.41) is 3.84. The normalized spacial score (nSPS) is 17.5. The second-order valence-corrected chi connectivity index (χ2v) is 8.65. The topological polar surface area (TPSA) is 29.1 Å². The first-order valence-corrected chi connectivity index (χ1v) is 10.1. The van der Waals surface area contributed by atoms with Crippen LogP contribution >= 0.6 is 0 Å². The van der Waals surface area contributed by atoms with Gasteiger partial charge in [0.2, 0.25) is 0 Å². The Hall–Kier alpha value is -1.26. The quantitative estimate of drug-likeness (QED) is 0.722. The van der Waals surface area contributed by atoms with Crippen LogP contribution in [0.4, 0.5) is 13.2 Å². The van der Waals surface area contributed by atoms with E-state index in [0.717, 1.165) is 37.1 Å². The Morgan fingerprint density at radius 1 is 1.04 bits per heavy atom. The molecule has 2 aromatic rings. The molecule has 1 N–H and O–H groups in total. The number of alkyl halides is 3. The van der Waals surface area contributed by atoms with Gasteiger partial charge in [-0.25, -0.2) is 0 Å². The number of carbonyl (C=O) groups is 1. The number of carbonyl (C=O) groups excluding carboxylic acids is 1. The van der Waals surface area contributed by atoms with Crippen LogP contribution in [-0.4, -0.2) is 26.5 Å². The van der Waals surface area contributed by atoms with Crippen LogP contribution in [0.1, 0.15) is 59.7 Å². The molecule has 0 bridgehead atoms. The van der Waals surface area contributed by atoms with E-state index in [1.165, 1.54) is 31.4 Å². The molecule has 1 fully saturated rings. The second kappa shape index (κ2) is 7.32. The van der Waals surface area contributed by atoms with E-state index in [2.05, 4.69) is 5.32 Å². The minimum atomic E-state index is -4.34. The summed E-state index contributed by atoms with van der Waals surface area (Å²) >= 11 is -0.359. The Bertz CT molecular complexity index is 715. The van der Waals surface area contributed by atoms with Crippen LogP contribution in [0.2, 0.25) is 0 Å². The van der Waals surface area contributed by atoms with Gasteiger partial charge in [-0.1, -0.05) is 0 Å². The van der Waals surface area contributed by atoms with Crippen LogP contribution < -0.4 is 5.32 Å². The summed E-state index contributed by atoms with van der Waals surface area (Å²) in [6, 6.07) is 5.68. The van der Waals surface area contributed by atoms with Crippen molar-refractivity contribution in [1.29, 1.82) is 0 Å². The number of benzene rings is 1. The molecule has 1 amide bonds. The number of amides is 1. The van der Waals surface area contributed by atoms with Crippen molar-refractivity contribution in [1.82, 2.24) is 5.32 Å². The van der Waals surface area contributed by atoms with Crippen LogP contribution in [0.5, 0.6) is 0 Å². The van der Waals surface area contributed by atoms with Crippen molar-refractivity contribution in [2.75, 3.05) is 0 Å². The van der Waals surface area contributed by atoms with Gasteiger partial charge < -0.3 is 0 Å². The summed E-state index contributed by atoms with van der Waals surface area (Å²) in [4.78, 5) is 12.5. The van der Waals surface area contributed by atoms with E-state index in [9.17, 15) is 18.0 Å². The minimum absolute atomic E-state index is 0.106. The van der Waals surface area contributed by atoms with Crippen LogP contribution in [0.3, 0.4) is 0 Å². The molecule has 24 heavy (non-hydrogen) atoms. The molecule has 2 nitrogen and oxygen atoms in total. The number of nitrogens with one attached hydrogen (secondary N) is 1. The Morgan fingerprint density at radius 2 is 1.71 bits per heavy atom. The Morgan fingerprint density at radius 3 is 2.38 bits per heavy atom. The number of hydrogen-bond donors (Lipinski definition) is 1. The molecule has 6 heteroatoms. The fourth-order valence-corrected chi connectivity index (χ4v) is 5.29. The molecule has 1 aliphatic carbocycles. The predicted molar refractivity (Wildman–Crippen MR) is 89.5 cm³/mol. The summed E-state index contributed by atoms with van der Waals surface area (Å²) in [6.07, 6.45) is 3.61. The van der Waals surface area contributed by atoms with Crippen LogP contribution in [0.25, 0.3) is 9.65 Å². The van der Waals surface area contributed by atoms with Gasteiger partial charge in [-0.05, 0) is 0 Å². The molecule has 1 heterocycles. The first-order chi connectivity index (χ1) is 11.4. The van der Waals surface area contributed by atoms with E-state index in [0.29, 0.717) is 8.70 Å². The fourth-order valence-electron chi connectivity index (χ4n) is 3.18. The van der Waals surface area contributed by atoms with E-state index in [4.69, 9.17) is 0 Å². The van der Waals surface area contributed by atoms with E-state index >= 15 is 0 Å². The van der Waals surface area contributed by atoms with Crippen molar-refractivity contribution in [3.05, 3.63) is 34.3 Å². The summed E-state index contributed by atoms with van der Waals surface area (Å²) in [5.41, 5.74) is -0.641. The molecule has 0 spiro atoms. The maximum absolute atomic E-state index is 12.8. The third-order valence-corrected chi connectivity index (χ3v) is 6.81. The standard InChI is InChI=1S/C18H20F3NOSe/c19-18(20,21)13-9-8-12-10-16(24-15(12)11-13)17(23)22-14-6-4-2-1-3-5-7-14/h8-11,14H,1-7H2,(H,22,23). The van der Waals surface area contributed by atoms with Gasteiger partial charge in [-0.2, -0.15) is 0 Å². The molecule has 1 saturated carbocycles. The first kappa shape index (κ1) is 17.6. The molecule has 0 aliphatic heterocycles. The Kier molecular flexibility index (Phi) is 5.36. The van der Waals surface area contributed by atoms with Crippen molar-refractivity contribution in [2.24, 2.45) is 0 Å². The summed E-state index contributed by atoms with van der Waals surface area (Å²) in [5.74, 6) is -0.106. The molecular formula is C18H20F3NOSe. The molecule has 1 aromatic heterocycles. The number of hydrogen-bond acceptors (Lipinski definition) is 1. The van der Waals surface area contributed by atoms with Crippen molar-refractivity contribution >= 4 is 30.1 Å². The first-order valence-electron chi connectivity index (χ1n) is 8.35. The van der Waals surface area contributed by atoms with Gasteiger partial charge >= 0.3 is 145 Å². The molecule has 0 saturated heterocycles. The van der Waals surface area contributed by atoms with E-state index < -0.39 is 11.7 Å². The van der Waals surface area contributed by atoms with Gasteiger partial charge in [0.25, 0.3) is 0 Å². The molecule has 130 valence electrons. The van der Waals surface area contributed by atoms with Crippen molar-refractivity contribution in [3.8, 4) is 0 Å². The number of halogens is 3. The average molecular weight is 402 g/mol. The van der Waals surface area contributed by atoms with E-state index in [-0.39, 0.29) is 26.5 Å². The van der Waals surface area contributed by atoms with Gasteiger partial charge in [-0.3, -0.25) is 0 Å². The van der Waals surface area contributed by atoms with Gasteiger partial charge in [0.1, 0.15) is 0 Å². The maximum atomic E-state index is 12.8. The van der Waals surface area contributed by atoms with Gasteiger partial charge in [-0.15, -0.1) is 0 Å². The van der Waals surface area contributed by atoms with Crippen LogP contribution in [0.15, 0.2) is 24.3 Å². The molecule has 0 atom stereocenters. The zero-order valence-corrected chi connectivity index (χ0v) is 15.0. The number of fused-ring (bicyclic) bond motifs is 1. The zero-order valence-electron chi connectivity index (χ0n) is 13.3. The summed E-state index contributed by atoms with van der Waals surface area (Å²) < 4.78 is 39.7. The average Bonchev–Trinajstić information content (AvgIpc) is 2.92. The third kappa shape index (κ3) is 4.22. The molecule has 0 radical (unpaired) electrons. The predicted octanol–water partition coefficient (Wildman–Crippen LogP) is 4.76. The van der Waals surface area contributed by atoms with Crippen LogP contribution in [0, 0.1) is 0 Å². The Balaban J connectivity index is 1.74. The van der Waals surface area contributed by atoms with E-state index in [1.54, 1.807) is 6.07 Å². The third-order valence-electron chi connectivity index (χ3n) is 4.51. The van der Waals surface area contributed by atoms with Gasteiger partial charge in [0, 0.05) is 0 Å². The van der Waals surface area contributed by atoms with Crippen molar-refractivity contribution in [2.45, 2.75) is 57.2 Å². The molecule has 0 unspecified atom stereocenters. The molecular weight excluding hydrogens is 382 g/mol. The van der Waals surface area contributed by atoms with Crippen molar-refractivity contribution in [3.63, 3.8) is 0 Å². The van der Waals surface area contributed by atoms with E-state index in [1.807, 2.05) is 0 Å². The number of rotatable bonds is 2. The van der Waals surface area contributed by atoms with Gasteiger partial charge in [0.15, 0.2) is 0 Å². The zero-order chi connectivity index (χ0) is 17.2. The van der Waals surface area contributed by atoms with Crippen molar-refractivity contribution < 1.29 is 18.0 Å². The second-order valence-electron chi connectivity index (χ2n) is 6.38. The fraction of sp³-hybridized carbons (Fsp3) is 0.500. The molecule has 3 rings (SSSR count). The summed E-state index contributed by atoms with van der Waals surface area (Å²) in [7, 11) is 0. The molecule has 1 aliphatic rings. The molecule has 1 aromatic carbocycles. The SMILES string of the molecule is O=C(NC1CCCCCCC1)c1cc2ccc(C(F)(F)F)cc2[se]1. The van der Waals surface area contributed by atoms with Crippen LogP contribution in [-0.2, 0) is 6.18 Å². The summed E-state index contributed by atoms with van der Waals surface area (Å²) in [6.45, 7) is 0. The monoisotopic (exact) mass is 403 g/mol. The van der Waals surface area contributed by atoms with Gasteiger partial charge in [0.05, 0.1) is 0 Å².